The lowest BCUT2D eigenvalue weighted by Crippen LogP contribution is -2.46. The Kier molecular flexibility index (Phi) is 4.57. The number of nitrogens with one attached hydrogen (secondary N) is 1. The standard InChI is InChI=1S/C14H21N5O/c1-16-12-6-4-3-5-11(12)13(15)17-14(20)19-9-7-18(2)8-10-19/h3-6,16H,7-10H2,1-2H3,(H2,15,17,20). The quantitative estimate of drug-likeness (QED) is 0.618. The van der Waals surface area contributed by atoms with E-state index in [9.17, 15) is 4.79 Å². The zero-order chi connectivity index (χ0) is 14.5. The molecule has 2 rings (SSSR count). The van der Waals surface area contributed by atoms with Crippen molar-refractivity contribution in [3.63, 3.8) is 0 Å². The molecule has 0 unspecified atom stereocenters. The maximum Gasteiger partial charge on any atom is 0.345 e. The highest BCUT2D eigenvalue weighted by Gasteiger charge is 2.19. The second kappa shape index (κ2) is 6.38. The minimum atomic E-state index is -0.262. The second-order valence-corrected chi connectivity index (χ2v) is 4.87. The molecule has 1 aliphatic rings. The van der Waals surface area contributed by atoms with Crippen LogP contribution in [0.3, 0.4) is 0 Å². The first-order valence-corrected chi connectivity index (χ1v) is 6.70. The van der Waals surface area contributed by atoms with Crippen LogP contribution in [0.5, 0.6) is 0 Å². The molecule has 0 saturated carbocycles. The van der Waals surface area contributed by atoms with Gasteiger partial charge in [0.1, 0.15) is 5.84 Å². The highest BCUT2D eigenvalue weighted by molar-refractivity contribution is 6.07. The number of hydrogen-bond donors (Lipinski definition) is 2. The number of carbonyl (C=O) groups excluding carboxylic acids is 1. The van der Waals surface area contributed by atoms with Crippen molar-refractivity contribution in [2.45, 2.75) is 0 Å². The summed E-state index contributed by atoms with van der Waals surface area (Å²) in [5.74, 6) is 0.249. The maximum atomic E-state index is 12.1. The first kappa shape index (κ1) is 14.3. The van der Waals surface area contributed by atoms with E-state index < -0.39 is 0 Å². The minimum Gasteiger partial charge on any atom is -0.388 e. The topological polar surface area (TPSA) is 74.0 Å². The summed E-state index contributed by atoms with van der Waals surface area (Å²) >= 11 is 0. The molecule has 2 amide bonds. The molecule has 3 N–H and O–H groups in total. The Bertz CT molecular complexity index is 506. The van der Waals surface area contributed by atoms with Crippen molar-refractivity contribution in [2.75, 3.05) is 45.6 Å². The number of rotatable bonds is 2. The molecule has 0 spiro atoms. The fraction of sp³-hybridized carbons (Fsp3) is 0.429. The summed E-state index contributed by atoms with van der Waals surface area (Å²) in [5, 5.41) is 3.04. The van der Waals surface area contributed by atoms with Crippen LogP contribution in [-0.4, -0.2) is 61.9 Å². The van der Waals surface area contributed by atoms with Crippen LogP contribution in [0.1, 0.15) is 5.56 Å². The van der Waals surface area contributed by atoms with Crippen LogP contribution in [0.4, 0.5) is 10.5 Å². The molecular formula is C14H21N5O. The Morgan fingerprint density at radius 3 is 2.55 bits per heavy atom. The number of nitrogens with zero attached hydrogens (tertiary/aromatic N) is 3. The predicted octanol–water partition coefficient (Wildman–Crippen LogP) is 0.801. The van der Waals surface area contributed by atoms with Crippen LogP contribution in [0.25, 0.3) is 0 Å². The largest absolute Gasteiger partial charge is 0.388 e. The summed E-state index contributed by atoms with van der Waals surface area (Å²) < 4.78 is 0. The Morgan fingerprint density at radius 2 is 1.90 bits per heavy atom. The monoisotopic (exact) mass is 275 g/mol. The fourth-order valence-electron chi connectivity index (χ4n) is 2.16. The van der Waals surface area contributed by atoms with Crippen molar-refractivity contribution in [2.24, 2.45) is 10.7 Å². The highest BCUT2D eigenvalue weighted by Crippen LogP contribution is 2.14. The molecule has 20 heavy (non-hydrogen) atoms. The van der Waals surface area contributed by atoms with E-state index in [1.165, 1.54) is 0 Å². The lowest BCUT2D eigenvalue weighted by Gasteiger charge is -2.31. The van der Waals surface area contributed by atoms with E-state index in [0.717, 1.165) is 24.3 Å². The Balaban J connectivity index is 2.11. The third kappa shape index (κ3) is 3.27. The molecular weight excluding hydrogens is 254 g/mol. The van der Waals surface area contributed by atoms with Gasteiger partial charge in [-0.05, 0) is 19.2 Å². The third-order valence-corrected chi connectivity index (χ3v) is 3.46. The number of para-hydroxylation sites is 1. The van der Waals surface area contributed by atoms with Gasteiger partial charge < -0.3 is 20.9 Å². The number of urea groups is 1. The van der Waals surface area contributed by atoms with Crippen LogP contribution >= 0.6 is 0 Å². The van der Waals surface area contributed by atoms with Crippen LogP contribution in [0, 0.1) is 0 Å². The van der Waals surface area contributed by atoms with Gasteiger partial charge in [0.15, 0.2) is 0 Å². The number of benzene rings is 1. The number of carbonyl (C=O) groups is 1. The molecule has 1 aromatic rings. The van der Waals surface area contributed by atoms with Crippen LogP contribution < -0.4 is 11.1 Å². The van der Waals surface area contributed by atoms with E-state index >= 15 is 0 Å². The molecule has 0 bridgehead atoms. The number of likely N-dealkylation sites (N-methyl/N-ethyl adjacent to an activating group) is 1. The normalized spacial score (nSPS) is 17.1. The van der Waals surface area contributed by atoms with Gasteiger partial charge in [-0.1, -0.05) is 12.1 Å². The molecule has 1 saturated heterocycles. The molecule has 0 radical (unpaired) electrons. The summed E-state index contributed by atoms with van der Waals surface area (Å²) in [7, 11) is 3.86. The average molecular weight is 275 g/mol. The van der Waals surface area contributed by atoms with Crippen molar-refractivity contribution in [1.29, 1.82) is 0 Å². The smallest absolute Gasteiger partial charge is 0.345 e. The number of piperazine rings is 1. The molecule has 1 fully saturated rings. The van der Waals surface area contributed by atoms with Gasteiger partial charge in [0.05, 0.1) is 0 Å². The maximum absolute atomic E-state index is 12.1. The molecule has 6 nitrogen and oxygen atoms in total. The molecule has 0 aliphatic carbocycles. The van der Waals surface area contributed by atoms with Crippen molar-refractivity contribution >= 4 is 17.6 Å². The van der Waals surface area contributed by atoms with Crippen molar-refractivity contribution in [3.05, 3.63) is 29.8 Å². The highest BCUT2D eigenvalue weighted by atomic mass is 16.2. The number of hydrogen-bond acceptors (Lipinski definition) is 3. The van der Waals surface area contributed by atoms with Gasteiger partial charge in [-0.2, -0.15) is 4.99 Å². The molecule has 108 valence electrons. The number of aliphatic imine (C=N–C) groups is 1. The molecule has 6 heteroatoms. The summed E-state index contributed by atoms with van der Waals surface area (Å²) in [6.07, 6.45) is 0. The van der Waals surface area contributed by atoms with E-state index in [-0.39, 0.29) is 11.9 Å². The number of amidine groups is 1. The third-order valence-electron chi connectivity index (χ3n) is 3.46. The summed E-state index contributed by atoms with van der Waals surface area (Å²) in [6, 6.07) is 7.27. The Morgan fingerprint density at radius 1 is 1.25 bits per heavy atom. The molecule has 1 aliphatic heterocycles. The molecule has 1 aromatic carbocycles. The minimum absolute atomic E-state index is 0.249. The van der Waals surface area contributed by atoms with E-state index in [0.29, 0.717) is 13.1 Å². The van der Waals surface area contributed by atoms with Crippen LogP contribution in [0.2, 0.25) is 0 Å². The van der Waals surface area contributed by atoms with Crippen LogP contribution in [-0.2, 0) is 0 Å². The number of amides is 2. The van der Waals surface area contributed by atoms with E-state index in [1.54, 1.807) is 4.90 Å². The number of anilines is 1. The van der Waals surface area contributed by atoms with Gasteiger partial charge in [-0.15, -0.1) is 0 Å². The average Bonchev–Trinajstić information content (AvgIpc) is 2.47. The molecule has 0 atom stereocenters. The lowest BCUT2D eigenvalue weighted by molar-refractivity contribution is 0.161. The van der Waals surface area contributed by atoms with E-state index in [1.807, 2.05) is 38.4 Å². The first-order chi connectivity index (χ1) is 9.61. The predicted molar refractivity (Wildman–Crippen MR) is 81.2 cm³/mol. The lowest BCUT2D eigenvalue weighted by atomic mass is 10.1. The molecule has 1 heterocycles. The van der Waals surface area contributed by atoms with Gasteiger partial charge >= 0.3 is 6.03 Å². The number of nitrogens with two attached hydrogens (primary N) is 1. The van der Waals surface area contributed by atoms with Crippen molar-refractivity contribution in [1.82, 2.24) is 9.80 Å². The summed E-state index contributed by atoms with van der Waals surface area (Å²) in [6.45, 7) is 3.13. The van der Waals surface area contributed by atoms with Crippen molar-refractivity contribution < 1.29 is 4.79 Å². The van der Waals surface area contributed by atoms with E-state index in [2.05, 4.69) is 15.2 Å². The second-order valence-electron chi connectivity index (χ2n) is 4.87. The van der Waals surface area contributed by atoms with Crippen LogP contribution in [0.15, 0.2) is 29.3 Å². The summed E-state index contributed by atoms with van der Waals surface area (Å²) in [4.78, 5) is 20.1. The van der Waals surface area contributed by atoms with Crippen molar-refractivity contribution in [3.8, 4) is 0 Å². The Hall–Kier alpha value is -2.08. The van der Waals surface area contributed by atoms with Gasteiger partial charge in [-0.25, -0.2) is 4.79 Å². The van der Waals surface area contributed by atoms with Gasteiger partial charge in [0.25, 0.3) is 0 Å². The van der Waals surface area contributed by atoms with Gasteiger partial charge in [0, 0.05) is 44.5 Å². The molecule has 0 aromatic heterocycles. The first-order valence-electron chi connectivity index (χ1n) is 6.70. The SMILES string of the molecule is CNc1ccccc1/C(N)=N/C(=O)N1CCN(C)CC1. The Labute approximate surface area is 119 Å². The summed E-state index contributed by atoms with van der Waals surface area (Å²) in [5.41, 5.74) is 7.57. The zero-order valence-corrected chi connectivity index (χ0v) is 12.0. The fourth-order valence-corrected chi connectivity index (χ4v) is 2.16. The van der Waals surface area contributed by atoms with Gasteiger partial charge in [0.2, 0.25) is 0 Å². The van der Waals surface area contributed by atoms with E-state index in [4.69, 9.17) is 5.73 Å². The zero-order valence-electron chi connectivity index (χ0n) is 12.0. The van der Waals surface area contributed by atoms with Gasteiger partial charge in [-0.3, -0.25) is 0 Å².